The van der Waals surface area contributed by atoms with E-state index in [1.165, 1.54) is 12.5 Å². The third kappa shape index (κ3) is 2.74. The minimum Gasteiger partial charge on any atom is -1.00 e. The minimum atomic E-state index is 0. The van der Waals surface area contributed by atoms with Gasteiger partial charge < -0.3 is 1.43 Å². The summed E-state index contributed by atoms with van der Waals surface area (Å²) in [7, 11) is 0. The van der Waals surface area contributed by atoms with E-state index in [4.69, 9.17) is 0 Å². The summed E-state index contributed by atoms with van der Waals surface area (Å²) in [6, 6.07) is 0. The first kappa shape index (κ1) is 7.08. The van der Waals surface area contributed by atoms with Gasteiger partial charge in [0.2, 0.25) is 0 Å². The van der Waals surface area contributed by atoms with Crippen LogP contribution in [0.5, 0.6) is 0 Å². The molecule has 7 heavy (non-hydrogen) atoms. The van der Waals surface area contributed by atoms with Crippen molar-refractivity contribution in [1.82, 2.24) is 0 Å². The Morgan fingerprint density at radius 2 is 1.43 bits per heavy atom. The molecule has 0 aromatic heterocycles. The Morgan fingerprint density at radius 3 is 1.57 bits per heavy atom. The Hall–Kier alpha value is 0.0800. The maximum Gasteiger partial charge on any atom is 1.00 e. The van der Waals surface area contributed by atoms with Crippen molar-refractivity contribution in [2.24, 2.45) is 0 Å². The zero-order valence-electron chi connectivity index (χ0n) is 5.13. The van der Waals surface area contributed by atoms with Crippen LogP contribution in [0.4, 0.5) is 0 Å². The van der Waals surface area contributed by atoms with E-state index in [2.05, 4.69) is 9.78 Å². The van der Waals surface area contributed by atoms with Crippen LogP contribution in [0.15, 0.2) is 24.7 Å². The fraction of sp³-hybridized carbons (Fsp3) is 0. The Bertz CT molecular complexity index is 80.0. The van der Waals surface area contributed by atoms with Crippen molar-refractivity contribution in [3.8, 4) is 0 Å². The molecule has 0 radical (unpaired) electrons. The molecule has 34 valence electrons. The largest absolute Gasteiger partial charge is 1.00 e. The van der Waals surface area contributed by atoms with Gasteiger partial charge in [-0.15, -0.1) is 0 Å². The van der Waals surface area contributed by atoms with Crippen LogP contribution in [-0.4, -0.2) is 0 Å². The molecule has 0 aliphatic carbocycles. The topological polar surface area (TPSA) is 18.5 Å². The average molecular weight is 108 g/mol. The number of allylic oxidation sites excluding steroid dienone is 2. The van der Waals surface area contributed by atoms with Crippen LogP contribution < -0.4 is 29.6 Å². The number of rotatable bonds is 0. The van der Waals surface area contributed by atoms with Gasteiger partial charge in [0, 0.05) is 0 Å². The van der Waals surface area contributed by atoms with Crippen LogP contribution in [-0.2, 0) is 9.78 Å². The van der Waals surface area contributed by atoms with Crippen LogP contribution in [0, 0.1) is 0 Å². The molecule has 0 N–H and O–H groups in total. The van der Waals surface area contributed by atoms with E-state index in [0.29, 0.717) is 0 Å². The quantitative estimate of drug-likeness (QED) is 0.266. The van der Waals surface area contributed by atoms with Gasteiger partial charge in [-0.1, -0.05) is 0 Å². The number of hydrogen-bond acceptors (Lipinski definition) is 2. The molecule has 0 bridgehead atoms. The molecule has 1 aliphatic heterocycles. The summed E-state index contributed by atoms with van der Waals surface area (Å²) in [6.07, 6.45) is 6.40. The van der Waals surface area contributed by atoms with Crippen molar-refractivity contribution in [2.45, 2.75) is 0 Å². The van der Waals surface area contributed by atoms with Crippen molar-refractivity contribution < 1.29 is 40.8 Å². The van der Waals surface area contributed by atoms with Crippen molar-refractivity contribution in [1.29, 1.82) is 0 Å². The fourth-order valence-electron chi connectivity index (χ4n) is 0.219. The van der Waals surface area contributed by atoms with Crippen LogP contribution in [0.25, 0.3) is 0 Å². The summed E-state index contributed by atoms with van der Waals surface area (Å²) in [6.45, 7) is 0. The fourth-order valence-corrected chi connectivity index (χ4v) is 0.219. The van der Waals surface area contributed by atoms with Gasteiger partial charge >= 0.3 is 29.6 Å². The first-order valence-electron chi connectivity index (χ1n) is 1.64. The van der Waals surface area contributed by atoms with Crippen LogP contribution in [0.2, 0.25) is 0 Å². The summed E-state index contributed by atoms with van der Waals surface area (Å²) in [5.74, 6) is 0. The second-order valence-electron chi connectivity index (χ2n) is 0.850. The van der Waals surface area contributed by atoms with E-state index in [0.717, 1.165) is 0 Å². The second kappa shape index (κ2) is 4.24. The smallest absolute Gasteiger partial charge is 1.00 e. The Morgan fingerprint density at radius 1 is 1.00 bits per heavy atom. The molecule has 1 heterocycles. The molecule has 0 saturated carbocycles. The molecule has 0 aromatic carbocycles. The average Bonchev–Trinajstić information content (AvgIpc) is 1.72. The Balaban J connectivity index is 0. The third-order valence-electron chi connectivity index (χ3n) is 0.435. The van der Waals surface area contributed by atoms with Gasteiger partial charge in [-0.2, -0.15) is 0 Å². The van der Waals surface area contributed by atoms with Gasteiger partial charge in [0.25, 0.3) is 0 Å². The normalized spacial score (nSPS) is 13.7. The van der Waals surface area contributed by atoms with Gasteiger partial charge in [0.1, 0.15) is 12.5 Å². The van der Waals surface area contributed by atoms with Gasteiger partial charge in [0.05, 0.1) is 0 Å². The molecule has 3 heteroatoms. The van der Waals surface area contributed by atoms with Crippen molar-refractivity contribution in [2.75, 3.05) is 0 Å². The summed E-state index contributed by atoms with van der Waals surface area (Å²) < 4.78 is 0. The first-order chi connectivity index (χ1) is 3.00. The predicted molar refractivity (Wildman–Crippen MR) is 21.6 cm³/mol. The molecule has 0 atom stereocenters. The summed E-state index contributed by atoms with van der Waals surface area (Å²) in [5.41, 5.74) is 0. The van der Waals surface area contributed by atoms with E-state index in [9.17, 15) is 0 Å². The zero-order valence-corrected chi connectivity index (χ0v) is 6.13. The van der Waals surface area contributed by atoms with E-state index in [-0.39, 0.29) is 31.0 Å². The molecular formula is C4H5NaO2. The summed E-state index contributed by atoms with van der Waals surface area (Å²) >= 11 is 0. The Labute approximate surface area is 65.5 Å². The SMILES string of the molecule is C1=COOC=C1.[H-].[Na+]. The molecule has 1 aliphatic rings. The second-order valence-corrected chi connectivity index (χ2v) is 0.850. The standard InChI is InChI=1S/C4H4O2.Na.H/c1-2-4-6-5-3-1;;/h1-4H;;/q;+1;-1. The maximum absolute atomic E-state index is 4.30. The number of hydrogen-bond donors (Lipinski definition) is 0. The zero-order chi connectivity index (χ0) is 4.24. The van der Waals surface area contributed by atoms with Gasteiger partial charge in [-0.05, 0) is 12.2 Å². The molecule has 2 nitrogen and oxygen atoms in total. The third-order valence-corrected chi connectivity index (χ3v) is 0.435. The van der Waals surface area contributed by atoms with E-state index in [1.807, 2.05) is 0 Å². The molecular weight excluding hydrogens is 103 g/mol. The van der Waals surface area contributed by atoms with Crippen LogP contribution in [0.3, 0.4) is 0 Å². The predicted octanol–water partition coefficient (Wildman–Crippen LogP) is -1.91. The summed E-state index contributed by atoms with van der Waals surface area (Å²) in [4.78, 5) is 8.60. The first-order valence-corrected chi connectivity index (χ1v) is 1.64. The van der Waals surface area contributed by atoms with Crippen molar-refractivity contribution in [3.05, 3.63) is 24.7 Å². The maximum atomic E-state index is 4.30. The van der Waals surface area contributed by atoms with E-state index < -0.39 is 0 Å². The molecule has 0 aromatic rings. The van der Waals surface area contributed by atoms with Crippen LogP contribution >= 0.6 is 0 Å². The molecule has 0 amide bonds. The van der Waals surface area contributed by atoms with Gasteiger partial charge in [0.15, 0.2) is 0 Å². The Kier molecular flexibility index (Phi) is 4.29. The van der Waals surface area contributed by atoms with Gasteiger partial charge in [-0.25, -0.2) is 0 Å². The monoisotopic (exact) mass is 108 g/mol. The summed E-state index contributed by atoms with van der Waals surface area (Å²) in [5, 5.41) is 0. The molecule has 0 unspecified atom stereocenters. The van der Waals surface area contributed by atoms with Crippen molar-refractivity contribution >= 4 is 0 Å². The molecule has 1 rings (SSSR count). The molecule has 0 saturated heterocycles. The van der Waals surface area contributed by atoms with Crippen LogP contribution in [0.1, 0.15) is 1.43 Å². The molecule has 0 spiro atoms. The van der Waals surface area contributed by atoms with E-state index >= 15 is 0 Å². The van der Waals surface area contributed by atoms with E-state index in [1.54, 1.807) is 12.2 Å². The minimum absolute atomic E-state index is 0. The van der Waals surface area contributed by atoms with Gasteiger partial charge in [-0.3, -0.25) is 9.78 Å². The molecule has 0 fully saturated rings. The van der Waals surface area contributed by atoms with Crippen molar-refractivity contribution in [3.63, 3.8) is 0 Å².